The summed E-state index contributed by atoms with van der Waals surface area (Å²) >= 11 is 6.28. The zero-order chi connectivity index (χ0) is 19.0. The lowest BCUT2D eigenvalue weighted by Crippen LogP contribution is -2.43. The number of piperidine rings is 1. The molecule has 0 saturated carbocycles. The van der Waals surface area contributed by atoms with Gasteiger partial charge < -0.3 is 19.9 Å². The molecule has 0 atom stereocenters. The monoisotopic (exact) mass is 392 g/mol. The molecule has 0 spiro atoms. The number of rotatable bonds is 3. The normalized spacial score (nSPS) is 19.6. The predicted molar refractivity (Wildman–Crippen MR) is 104 cm³/mol. The molecule has 1 amide bonds. The van der Waals surface area contributed by atoms with Crippen molar-refractivity contribution in [3.05, 3.63) is 22.7 Å². The van der Waals surface area contributed by atoms with Crippen LogP contribution in [-0.4, -0.2) is 77.7 Å². The topological polar surface area (TPSA) is 75.0 Å². The van der Waals surface area contributed by atoms with Gasteiger partial charge in [-0.25, -0.2) is 9.97 Å². The zero-order valence-corrected chi connectivity index (χ0v) is 16.5. The summed E-state index contributed by atoms with van der Waals surface area (Å²) in [7, 11) is 2.11. The Morgan fingerprint density at radius 2 is 1.93 bits per heavy atom. The van der Waals surface area contributed by atoms with E-state index in [4.69, 9.17) is 16.3 Å². The molecule has 146 valence electrons. The van der Waals surface area contributed by atoms with Gasteiger partial charge in [0.25, 0.3) is 5.91 Å². The van der Waals surface area contributed by atoms with Gasteiger partial charge in [0.1, 0.15) is 10.8 Å². The number of ether oxygens (including phenoxy) is 1. The first-order chi connectivity index (χ1) is 13.0. The van der Waals surface area contributed by atoms with Crippen LogP contribution >= 0.6 is 11.6 Å². The van der Waals surface area contributed by atoms with Crippen molar-refractivity contribution < 1.29 is 9.53 Å². The molecular weight excluding hydrogens is 368 g/mol. The van der Waals surface area contributed by atoms with Crippen molar-refractivity contribution in [1.29, 1.82) is 0 Å². The Bertz CT molecular complexity index is 840. The zero-order valence-electron chi connectivity index (χ0n) is 15.7. The Morgan fingerprint density at radius 3 is 2.63 bits per heavy atom. The summed E-state index contributed by atoms with van der Waals surface area (Å²) in [6.07, 6.45) is 3.59. The number of imidazole rings is 1. The van der Waals surface area contributed by atoms with Crippen molar-refractivity contribution in [3.8, 4) is 0 Å². The number of hydrogen-bond donors (Lipinski definition) is 1. The van der Waals surface area contributed by atoms with E-state index in [-0.39, 0.29) is 11.9 Å². The lowest BCUT2D eigenvalue weighted by atomic mass is 10.1. The highest BCUT2D eigenvalue weighted by molar-refractivity contribution is 6.29. The number of nitrogens with one attached hydrogen (secondary N) is 1. The molecule has 9 heteroatoms. The Morgan fingerprint density at radius 1 is 1.22 bits per heavy atom. The van der Waals surface area contributed by atoms with Crippen LogP contribution in [0.2, 0.25) is 5.15 Å². The standard InChI is InChI=1S/C18H25ClN6O2/c1-12-15(18(26)21-13-3-5-23(2)6-4-13)25-11-14(19)22-16(17(25)20-12)24-7-9-27-10-8-24/h11,13H,3-10H2,1-2H3,(H,21,26). The van der Waals surface area contributed by atoms with Gasteiger partial charge in [-0.15, -0.1) is 0 Å². The number of carbonyl (C=O) groups is 1. The van der Waals surface area contributed by atoms with Crippen LogP contribution in [0.4, 0.5) is 5.82 Å². The molecule has 1 N–H and O–H groups in total. The first-order valence-corrected chi connectivity index (χ1v) is 9.78. The third kappa shape index (κ3) is 3.74. The van der Waals surface area contributed by atoms with Crippen LogP contribution in [0, 0.1) is 6.92 Å². The van der Waals surface area contributed by atoms with Gasteiger partial charge in [-0.3, -0.25) is 9.20 Å². The van der Waals surface area contributed by atoms with E-state index in [2.05, 4.69) is 32.1 Å². The molecular formula is C18H25ClN6O2. The molecule has 4 heterocycles. The lowest BCUT2D eigenvalue weighted by Gasteiger charge is -2.29. The number of aryl methyl sites for hydroxylation is 1. The second-order valence-electron chi connectivity index (χ2n) is 7.28. The minimum atomic E-state index is -0.107. The van der Waals surface area contributed by atoms with Gasteiger partial charge in [0.15, 0.2) is 11.5 Å². The average Bonchev–Trinajstić information content (AvgIpc) is 2.99. The molecule has 4 rings (SSSR count). The van der Waals surface area contributed by atoms with Crippen LogP contribution in [0.25, 0.3) is 5.65 Å². The van der Waals surface area contributed by atoms with Crippen molar-refractivity contribution in [3.63, 3.8) is 0 Å². The lowest BCUT2D eigenvalue weighted by molar-refractivity contribution is 0.0910. The highest BCUT2D eigenvalue weighted by atomic mass is 35.5. The molecule has 2 aliphatic heterocycles. The fourth-order valence-corrected chi connectivity index (χ4v) is 3.96. The molecule has 27 heavy (non-hydrogen) atoms. The van der Waals surface area contributed by atoms with Gasteiger partial charge in [-0.2, -0.15) is 0 Å². The number of nitrogens with zero attached hydrogens (tertiary/aromatic N) is 5. The minimum Gasteiger partial charge on any atom is -0.378 e. The van der Waals surface area contributed by atoms with E-state index in [1.165, 1.54) is 0 Å². The number of halogens is 1. The maximum absolute atomic E-state index is 13.0. The summed E-state index contributed by atoms with van der Waals surface area (Å²) in [4.78, 5) is 26.5. The second kappa shape index (κ2) is 7.61. The summed E-state index contributed by atoms with van der Waals surface area (Å²) < 4.78 is 7.20. The smallest absolute Gasteiger partial charge is 0.270 e. The fourth-order valence-electron chi connectivity index (χ4n) is 3.78. The number of anilines is 1. The molecule has 0 aliphatic carbocycles. The Balaban J connectivity index is 1.65. The molecule has 2 aromatic rings. The Labute approximate surface area is 163 Å². The number of hydrogen-bond acceptors (Lipinski definition) is 6. The Kier molecular flexibility index (Phi) is 5.21. The van der Waals surface area contributed by atoms with E-state index in [0.717, 1.165) is 39.0 Å². The molecule has 2 fully saturated rings. The first-order valence-electron chi connectivity index (χ1n) is 9.40. The number of aromatic nitrogens is 3. The van der Waals surface area contributed by atoms with Crippen LogP contribution in [0.3, 0.4) is 0 Å². The number of carbonyl (C=O) groups excluding carboxylic acids is 1. The number of fused-ring (bicyclic) bond motifs is 1. The van der Waals surface area contributed by atoms with Crippen LogP contribution in [0.15, 0.2) is 6.20 Å². The highest BCUT2D eigenvalue weighted by Gasteiger charge is 2.26. The van der Waals surface area contributed by atoms with Gasteiger partial charge in [0, 0.05) is 25.3 Å². The van der Waals surface area contributed by atoms with Gasteiger partial charge in [-0.05, 0) is 39.9 Å². The van der Waals surface area contributed by atoms with Crippen LogP contribution in [0.1, 0.15) is 29.0 Å². The maximum atomic E-state index is 13.0. The second-order valence-corrected chi connectivity index (χ2v) is 7.66. The Hall–Kier alpha value is -1.90. The molecule has 0 radical (unpaired) electrons. The molecule has 2 saturated heterocycles. The summed E-state index contributed by atoms with van der Waals surface area (Å²) in [5.41, 5.74) is 1.87. The molecule has 8 nitrogen and oxygen atoms in total. The molecule has 0 unspecified atom stereocenters. The molecule has 2 aromatic heterocycles. The summed E-state index contributed by atoms with van der Waals surface area (Å²) in [5, 5.41) is 3.51. The van der Waals surface area contributed by atoms with E-state index in [9.17, 15) is 4.79 Å². The summed E-state index contributed by atoms with van der Waals surface area (Å²) in [6.45, 7) is 6.58. The highest BCUT2D eigenvalue weighted by Crippen LogP contribution is 2.25. The van der Waals surface area contributed by atoms with E-state index in [1.54, 1.807) is 10.6 Å². The minimum absolute atomic E-state index is 0.107. The van der Waals surface area contributed by atoms with Crippen molar-refractivity contribution in [2.45, 2.75) is 25.8 Å². The summed E-state index contributed by atoms with van der Waals surface area (Å²) in [6, 6.07) is 0.190. The number of morpholine rings is 1. The average molecular weight is 393 g/mol. The molecule has 0 aromatic carbocycles. The van der Waals surface area contributed by atoms with Gasteiger partial charge in [0.05, 0.1) is 18.9 Å². The van der Waals surface area contributed by atoms with E-state index in [1.807, 2.05) is 6.92 Å². The van der Waals surface area contributed by atoms with Crippen LogP contribution in [0.5, 0.6) is 0 Å². The number of likely N-dealkylation sites (tertiary alicyclic amines) is 1. The third-order valence-electron chi connectivity index (χ3n) is 5.31. The van der Waals surface area contributed by atoms with Gasteiger partial charge in [0.2, 0.25) is 0 Å². The van der Waals surface area contributed by atoms with Crippen molar-refractivity contribution in [2.75, 3.05) is 51.3 Å². The van der Waals surface area contributed by atoms with Gasteiger partial charge in [-0.1, -0.05) is 11.6 Å². The predicted octanol–water partition coefficient (Wildman–Crippen LogP) is 1.35. The third-order valence-corrected chi connectivity index (χ3v) is 5.50. The van der Waals surface area contributed by atoms with Crippen LogP contribution in [-0.2, 0) is 4.74 Å². The largest absolute Gasteiger partial charge is 0.378 e. The summed E-state index contributed by atoms with van der Waals surface area (Å²) in [5.74, 6) is 0.594. The number of amides is 1. The quantitative estimate of drug-likeness (QED) is 0.849. The van der Waals surface area contributed by atoms with E-state index >= 15 is 0 Å². The first kappa shape index (κ1) is 18.5. The van der Waals surface area contributed by atoms with Gasteiger partial charge >= 0.3 is 0 Å². The fraction of sp³-hybridized carbons (Fsp3) is 0.611. The van der Waals surface area contributed by atoms with E-state index in [0.29, 0.717) is 41.2 Å². The molecule has 2 aliphatic rings. The SMILES string of the molecule is Cc1nc2c(N3CCOCC3)nc(Cl)cn2c1C(=O)NC1CCN(C)CC1. The van der Waals surface area contributed by atoms with Crippen molar-refractivity contribution >= 4 is 29.0 Å². The van der Waals surface area contributed by atoms with Crippen molar-refractivity contribution in [1.82, 2.24) is 24.6 Å². The van der Waals surface area contributed by atoms with Crippen molar-refractivity contribution in [2.24, 2.45) is 0 Å². The van der Waals surface area contributed by atoms with Crippen LogP contribution < -0.4 is 10.2 Å². The maximum Gasteiger partial charge on any atom is 0.270 e. The van der Waals surface area contributed by atoms with E-state index < -0.39 is 0 Å². The molecule has 0 bridgehead atoms.